The third-order valence-electron chi connectivity index (χ3n) is 2.37. The van der Waals surface area contributed by atoms with Crippen LogP contribution in [0.1, 0.15) is 19.3 Å². The van der Waals surface area contributed by atoms with Gasteiger partial charge in [0.15, 0.2) is 5.96 Å². The second-order valence-corrected chi connectivity index (χ2v) is 5.27. The first-order valence-corrected chi connectivity index (χ1v) is 7.68. The van der Waals surface area contributed by atoms with Crippen molar-refractivity contribution in [2.24, 2.45) is 4.99 Å². The third-order valence-corrected chi connectivity index (χ3v) is 3.06. The summed E-state index contributed by atoms with van der Waals surface area (Å²) in [5.74, 6) is 2.17. The van der Waals surface area contributed by atoms with Gasteiger partial charge >= 0.3 is 0 Å². The van der Waals surface area contributed by atoms with Crippen molar-refractivity contribution in [2.75, 3.05) is 52.8 Å². The standard InChI is InChI=1S/C12H28N4S.HI/c1-13-12(14-8-5-6-11-17-4)15-9-7-10-16(2)3;/h5-11H2,1-4H3,(H2,13,14,15);1H. The summed E-state index contributed by atoms with van der Waals surface area (Å²) in [4.78, 5) is 6.39. The Hall–Kier alpha value is 0.310. The summed E-state index contributed by atoms with van der Waals surface area (Å²) in [6, 6.07) is 0. The van der Waals surface area contributed by atoms with E-state index in [0.717, 1.165) is 32.0 Å². The molecule has 0 saturated heterocycles. The Morgan fingerprint density at radius 2 is 1.72 bits per heavy atom. The van der Waals surface area contributed by atoms with E-state index in [1.807, 2.05) is 18.8 Å². The Morgan fingerprint density at radius 1 is 1.11 bits per heavy atom. The molecule has 0 aliphatic rings. The van der Waals surface area contributed by atoms with Crippen LogP contribution in [0.5, 0.6) is 0 Å². The van der Waals surface area contributed by atoms with Crippen molar-refractivity contribution in [1.29, 1.82) is 0 Å². The van der Waals surface area contributed by atoms with E-state index in [2.05, 4.69) is 40.9 Å². The van der Waals surface area contributed by atoms with E-state index in [1.165, 1.54) is 18.6 Å². The zero-order valence-corrected chi connectivity index (χ0v) is 15.3. The number of halogens is 1. The van der Waals surface area contributed by atoms with Crippen LogP contribution in [0, 0.1) is 0 Å². The first-order valence-electron chi connectivity index (χ1n) is 6.29. The second-order valence-electron chi connectivity index (χ2n) is 4.28. The summed E-state index contributed by atoms with van der Waals surface area (Å²) in [5.41, 5.74) is 0. The van der Waals surface area contributed by atoms with Gasteiger partial charge in [0.2, 0.25) is 0 Å². The highest BCUT2D eigenvalue weighted by molar-refractivity contribution is 14.0. The zero-order valence-electron chi connectivity index (χ0n) is 12.2. The summed E-state index contributed by atoms with van der Waals surface area (Å²) in [6.45, 7) is 3.09. The van der Waals surface area contributed by atoms with Crippen LogP contribution in [0.15, 0.2) is 4.99 Å². The summed E-state index contributed by atoms with van der Waals surface area (Å²) in [6.07, 6.45) is 5.77. The van der Waals surface area contributed by atoms with Crippen LogP contribution < -0.4 is 10.6 Å². The molecule has 0 fully saturated rings. The number of hydrogen-bond acceptors (Lipinski definition) is 3. The van der Waals surface area contributed by atoms with Gasteiger partial charge < -0.3 is 15.5 Å². The molecule has 0 amide bonds. The highest BCUT2D eigenvalue weighted by atomic mass is 127. The lowest BCUT2D eigenvalue weighted by Crippen LogP contribution is -2.38. The largest absolute Gasteiger partial charge is 0.356 e. The van der Waals surface area contributed by atoms with Crippen molar-refractivity contribution in [3.63, 3.8) is 0 Å². The lowest BCUT2D eigenvalue weighted by Gasteiger charge is -2.13. The number of unbranched alkanes of at least 4 members (excludes halogenated alkanes) is 1. The van der Waals surface area contributed by atoms with Gasteiger partial charge in [-0.1, -0.05) is 0 Å². The molecule has 0 aromatic rings. The van der Waals surface area contributed by atoms with E-state index in [9.17, 15) is 0 Å². The number of rotatable bonds is 9. The Bertz CT molecular complexity index is 201. The molecule has 0 aromatic heterocycles. The molecule has 0 unspecified atom stereocenters. The average molecular weight is 388 g/mol. The Kier molecular flexibility index (Phi) is 17.6. The van der Waals surface area contributed by atoms with Crippen molar-refractivity contribution in [3.05, 3.63) is 0 Å². The SMILES string of the molecule is CN=C(NCCCCSC)NCCCN(C)C.I. The Labute approximate surface area is 134 Å². The van der Waals surface area contributed by atoms with Crippen LogP contribution in [0.2, 0.25) is 0 Å². The topological polar surface area (TPSA) is 39.7 Å². The maximum absolute atomic E-state index is 4.20. The van der Waals surface area contributed by atoms with Gasteiger partial charge in [-0.25, -0.2) is 0 Å². The fraction of sp³-hybridized carbons (Fsp3) is 0.917. The molecule has 0 aliphatic carbocycles. The normalized spacial score (nSPS) is 11.3. The molecule has 0 spiro atoms. The fourth-order valence-electron chi connectivity index (χ4n) is 1.40. The highest BCUT2D eigenvalue weighted by Crippen LogP contribution is 1.97. The number of aliphatic imine (C=N–C) groups is 1. The first kappa shape index (κ1) is 20.6. The highest BCUT2D eigenvalue weighted by Gasteiger charge is 1.96. The maximum Gasteiger partial charge on any atom is 0.190 e. The lowest BCUT2D eigenvalue weighted by molar-refractivity contribution is 0.399. The van der Waals surface area contributed by atoms with Crippen molar-refractivity contribution < 1.29 is 0 Å². The number of thioether (sulfide) groups is 1. The number of nitrogens with one attached hydrogen (secondary N) is 2. The van der Waals surface area contributed by atoms with Crippen molar-refractivity contribution in [1.82, 2.24) is 15.5 Å². The van der Waals surface area contributed by atoms with Crippen LogP contribution in [-0.2, 0) is 0 Å². The van der Waals surface area contributed by atoms with Gasteiger partial charge in [-0.15, -0.1) is 24.0 Å². The molecule has 0 rings (SSSR count). The summed E-state index contributed by atoms with van der Waals surface area (Å²) in [7, 11) is 6.01. The molecular weight excluding hydrogens is 359 g/mol. The predicted molar refractivity (Wildman–Crippen MR) is 95.6 cm³/mol. The molecule has 18 heavy (non-hydrogen) atoms. The van der Waals surface area contributed by atoms with Crippen molar-refractivity contribution >= 4 is 41.7 Å². The molecule has 0 atom stereocenters. The quantitative estimate of drug-likeness (QED) is 0.274. The molecule has 2 N–H and O–H groups in total. The molecule has 0 heterocycles. The van der Waals surface area contributed by atoms with E-state index >= 15 is 0 Å². The molecule has 0 aromatic carbocycles. The van der Waals surface area contributed by atoms with Gasteiger partial charge in [0.1, 0.15) is 0 Å². The van der Waals surface area contributed by atoms with Crippen LogP contribution in [0.4, 0.5) is 0 Å². The molecular formula is C12H29IN4S. The third kappa shape index (κ3) is 14.4. The van der Waals surface area contributed by atoms with Crippen molar-refractivity contribution in [3.8, 4) is 0 Å². The molecule has 4 nitrogen and oxygen atoms in total. The molecule has 0 saturated carbocycles. The minimum absolute atomic E-state index is 0. The number of hydrogen-bond donors (Lipinski definition) is 2. The second kappa shape index (κ2) is 15.4. The first-order chi connectivity index (χ1) is 8.20. The van der Waals surface area contributed by atoms with Crippen LogP contribution in [0.3, 0.4) is 0 Å². The van der Waals surface area contributed by atoms with E-state index in [1.54, 1.807) is 0 Å². The summed E-state index contributed by atoms with van der Waals surface area (Å²) < 4.78 is 0. The molecule has 0 aliphatic heterocycles. The van der Waals surface area contributed by atoms with Crippen molar-refractivity contribution in [2.45, 2.75) is 19.3 Å². The van der Waals surface area contributed by atoms with E-state index < -0.39 is 0 Å². The summed E-state index contributed by atoms with van der Waals surface area (Å²) in [5, 5.41) is 6.66. The smallest absolute Gasteiger partial charge is 0.190 e. The van der Waals surface area contributed by atoms with Crippen LogP contribution in [-0.4, -0.2) is 63.6 Å². The maximum atomic E-state index is 4.20. The van der Waals surface area contributed by atoms with Gasteiger partial charge in [-0.3, -0.25) is 4.99 Å². The summed E-state index contributed by atoms with van der Waals surface area (Å²) >= 11 is 1.91. The van der Waals surface area contributed by atoms with Gasteiger partial charge in [0.25, 0.3) is 0 Å². The number of guanidine groups is 1. The van der Waals surface area contributed by atoms with E-state index in [0.29, 0.717) is 0 Å². The van der Waals surface area contributed by atoms with E-state index in [4.69, 9.17) is 0 Å². The van der Waals surface area contributed by atoms with Gasteiger partial charge in [-0.2, -0.15) is 11.8 Å². The number of nitrogens with zero attached hydrogens (tertiary/aromatic N) is 2. The van der Waals surface area contributed by atoms with Crippen LogP contribution in [0.25, 0.3) is 0 Å². The minimum atomic E-state index is 0. The van der Waals surface area contributed by atoms with Gasteiger partial charge in [0, 0.05) is 20.1 Å². The fourth-order valence-corrected chi connectivity index (χ4v) is 1.89. The lowest BCUT2D eigenvalue weighted by atomic mass is 10.3. The molecule has 0 radical (unpaired) electrons. The van der Waals surface area contributed by atoms with Crippen LogP contribution >= 0.6 is 35.7 Å². The average Bonchev–Trinajstić information content (AvgIpc) is 2.31. The van der Waals surface area contributed by atoms with Gasteiger partial charge in [-0.05, 0) is 51.9 Å². The monoisotopic (exact) mass is 388 g/mol. The van der Waals surface area contributed by atoms with Gasteiger partial charge in [0.05, 0.1) is 0 Å². The zero-order chi connectivity index (χ0) is 12.9. The Balaban J connectivity index is 0. The molecule has 0 bridgehead atoms. The minimum Gasteiger partial charge on any atom is -0.356 e. The predicted octanol–water partition coefficient (Wildman–Crippen LogP) is 1.86. The molecule has 6 heteroatoms. The molecule has 110 valence electrons. The van der Waals surface area contributed by atoms with E-state index in [-0.39, 0.29) is 24.0 Å². The Morgan fingerprint density at radius 3 is 2.22 bits per heavy atom.